The fourth-order valence-electron chi connectivity index (χ4n) is 2.70. The second kappa shape index (κ2) is 5.55. The molecule has 0 spiro atoms. The minimum absolute atomic E-state index is 0.314. The first kappa shape index (κ1) is 13.1. The number of anilines is 2. The summed E-state index contributed by atoms with van der Waals surface area (Å²) in [4.78, 5) is 11.4. The summed E-state index contributed by atoms with van der Waals surface area (Å²) >= 11 is 0. The molecule has 1 aliphatic carbocycles. The molecular formula is C14H24N4. The Bertz CT molecular complexity index is 397. The van der Waals surface area contributed by atoms with E-state index in [0.29, 0.717) is 17.8 Å². The fraction of sp³-hybridized carbons (Fsp3) is 0.714. The van der Waals surface area contributed by atoms with E-state index in [2.05, 4.69) is 35.6 Å². The van der Waals surface area contributed by atoms with Gasteiger partial charge in [0.15, 0.2) is 0 Å². The molecule has 0 atom stereocenters. The van der Waals surface area contributed by atoms with Crippen molar-refractivity contribution in [2.75, 3.05) is 17.2 Å². The van der Waals surface area contributed by atoms with Crippen molar-refractivity contribution in [3.05, 3.63) is 11.9 Å². The Balaban J connectivity index is 2.29. The highest BCUT2D eigenvalue weighted by molar-refractivity contribution is 5.48. The minimum Gasteiger partial charge on any atom is -0.384 e. The maximum absolute atomic E-state index is 5.91. The summed E-state index contributed by atoms with van der Waals surface area (Å²) < 4.78 is 0. The van der Waals surface area contributed by atoms with Crippen LogP contribution in [-0.2, 0) is 0 Å². The quantitative estimate of drug-likeness (QED) is 0.890. The van der Waals surface area contributed by atoms with Gasteiger partial charge in [-0.1, -0.05) is 26.7 Å². The van der Waals surface area contributed by atoms with E-state index in [9.17, 15) is 0 Å². The molecule has 0 saturated heterocycles. The van der Waals surface area contributed by atoms with Crippen molar-refractivity contribution in [2.24, 2.45) is 0 Å². The second-order valence-corrected chi connectivity index (χ2v) is 5.39. The van der Waals surface area contributed by atoms with E-state index >= 15 is 0 Å². The van der Waals surface area contributed by atoms with Gasteiger partial charge in [-0.25, -0.2) is 9.97 Å². The maximum Gasteiger partial charge on any atom is 0.135 e. The topological polar surface area (TPSA) is 55.0 Å². The van der Waals surface area contributed by atoms with Gasteiger partial charge in [0.25, 0.3) is 0 Å². The van der Waals surface area contributed by atoms with Gasteiger partial charge >= 0.3 is 0 Å². The van der Waals surface area contributed by atoms with E-state index in [1.54, 1.807) is 0 Å². The summed E-state index contributed by atoms with van der Waals surface area (Å²) in [5, 5.41) is 0. The molecule has 1 saturated carbocycles. The Hall–Kier alpha value is -1.32. The van der Waals surface area contributed by atoms with Crippen molar-refractivity contribution in [3.63, 3.8) is 0 Å². The lowest BCUT2D eigenvalue weighted by Crippen LogP contribution is -2.34. The molecule has 1 fully saturated rings. The number of nitrogens with two attached hydrogens (primary N) is 1. The SMILES string of the molecule is CCN(c1cc(N)nc(C(C)C)n1)C1CCCC1. The van der Waals surface area contributed by atoms with E-state index in [1.165, 1.54) is 25.7 Å². The van der Waals surface area contributed by atoms with Crippen molar-refractivity contribution in [3.8, 4) is 0 Å². The summed E-state index contributed by atoms with van der Waals surface area (Å²) in [5.74, 6) is 2.75. The highest BCUT2D eigenvalue weighted by Gasteiger charge is 2.23. The van der Waals surface area contributed by atoms with Crippen molar-refractivity contribution >= 4 is 11.6 Å². The first-order valence-corrected chi connectivity index (χ1v) is 7.03. The summed E-state index contributed by atoms with van der Waals surface area (Å²) in [7, 11) is 0. The lowest BCUT2D eigenvalue weighted by Gasteiger charge is -2.29. The smallest absolute Gasteiger partial charge is 0.135 e. The summed E-state index contributed by atoms with van der Waals surface area (Å²) in [6.45, 7) is 7.37. The molecule has 0 unspecified atom stereocenters. The molecule has 1 heterocycles. The number of nitrogens with zero attached hydrogens (tertiary/aromatic N) is 3. The molecule has 100 valence electrons. The summed E-state index contributed by atoms with van der Waals surface area (Å²) in [6, 6.07) is 2.54. The van der Waals surface area contributed by atoms with Crippen LogP contribution in [0.1, 0.15) is 58.2 Å². The van der Waals surface area contributed by atoms with Crippen LogP contribution in [0.2, 0.25) is 0 Å². The number of rotatable bonds is 4. The van der Waals surface area contributed by atoms with Crippen LogP contribution in [0.15, 0.2) is 6.07 Å². The van der Waals surface area contributed by atoms with Gasteiger partial charge in [-0.3, -0.25) is 0 Å². The number of hydrogen-bond acceptors (Lipinski definition) is 4. The maximum atomic E-state index is 5.91. The average molecular weight is 248 g/mol. The van der Waals surface area contributed by atoms with Crippen LogP contribution in [-0.4, -0.2) is 22.6 Å². The Morgan fingerprint density at radius 3 is 2.56 bits per heavy atom. The molecule has 1 aromatic heterocycles. The van der Waals surface area contributed by atoms with Gasteiger partial charge in [0, 0.05) is 24.6 Å². The molecule has 2 N–H and O–H groups in total. The van der Waals surface area contributed by atoms with Gasteiger partial charge < -0.3 is 10.6 Å². The Labute approximate surface area is 110 Å². The Morgan fingerprint density at radius 1 is 1.33 bits per heavy atom. The van der Waals surface area contributed by atoms with E-state index in [4.69, 9.17) is 5.73 Å². The van der Waals surface area contributed by atoms with E-state index in [-0.39, 0.29) is 0 Å². The number of hydrogen-bond donors (Lipinski definition) is 1. The van der Waals surface area contributed by atoms with Gasteiger partial charge in [-0.2, -0.15) is 0 Å². The molecule has 4 nitrogen and oxygen atoms in total. The third-order valence-electron chi connectivity index (χ3n) is 3.67. The van der Waals surface area contributed by atoms with Crippen molar-refractivity contribution in [1.29, 1.82) is 0 Å². The molecule has 1 aliphatic rings. The monoisotopic (exact) mass is 248 g/mol. The third kappa shape index (κ3) is 2.74. The molecule has 0 aromatic carbocycles. The van der Waals surface area contributed by atoms with Gasteiger partial charge in [-0.05, 0) is 19.8 Å². The summed E-state index contributed by atoms with van der Waals surface area (Å²) in [5.41, 5.74) is 5.91. The normalized spacial score (nSPS) is 16.4. The Kier molecular flexibility index (Phi) is 4.04. The number of aromatic nitrogens is 2. The van der Waals surface area contributed by atoms with Crippen molar-refractivity contribution < 1.29 is 0 Å². The van der Waals surface area contributed by atoms with Crippen LogP contribution < -0.4 is 10.6 Å². The molecule has 1 aromatic rings. The first-order chi connectivity index (χ1) is 8.61. The first-order valence-electron chi connectivity index (χ1n) is 7.03. The van der Waals surface area contributed by atoms with Crippen molar-refractivity contribution in [2.45, 2.75) is 58.4 Å². The average Bonchev–Trinajstić information content (AvgIpc) is 2.83. The van der Waals surface area contributed by atoms with Crippen LogP contribution in [0.5, 0.6) is 0 Å². The fourth-order valence-corrected chi connectivity index (χ4v) is 2.70. The molecule has 0 aliphatic heterocycles. The van der Waals surface area contributed by atoms with Gasteiger partial charge in [0.05, 0.1) is 0 Å². The molecule has 4 heteroatoms. The summed E-state index contributed by atoms with van der Waals surface area (Å²) in [6.07, 6.45) is 5.21. The van der Waals surface area contributed by atoms with Gasteiger partial charge in [0.1, 0.15) is 17.5 Å². The lowest BCUT2D eigenvalue weighted by atomic mass is 10.2. The number of nitrogen functional groups attached to an aromatic ring is 1. The molecule has 18 heavy (non-hydrogen) atoms. The van der Waals surface area contributed by atoms with Gasteiger partial charge in [0.2, 0.25) is 0 Å². The molecule has 0 bridgehead atoms. The second-order valence-electron chi connectivity index (χ2n) is 5.39. The Morgan fingerprint density at radius 2 is 2.00 bits per heavy atom. The van der Waals surface area contributed by atoms with E-state index in [0.717, 1.165) is 18.2 Å². The van der Waals surface area contributed by atoms with Crippen LogP contribution >= 0.6 is 0 Å². The predicted octanol–water partition coefficient (Wildman–Crippen LogP) is 2.95. The van der Waals surface area contributed by atoms with Crippen LogP contribution in [0.3, 0.4) is 0 Å². The van der Waals surface area contributed by atoms with E-state index < -0.39 is 0 Å². The van der Waals surface area contributed by atoms with Crippen molar-refractivity contribution in [1.82, 2.24) is 9.97 Å². The zero-order valence-corrected chi connectivity index (χ0v) is 11.7. The zero-order chi connectivity index (χ0) is 13.1. The van der Waals surface area contributed by atoms with E-state index in [1.807, 2.05) is 6.07 Å². The highest BCUT2D eigenvalue weighted by Crippen LogP contribution is 2.28. The zero-order valence-electron chi connectivity index (χ0n) is 11.7. The molecule has 2 rings (SSSR count). The van der Waals surface area contributed by atoms with Gasteiger partial charge in [-0.15, -0.1) is 0 Å². The minimum atomic E-state index is 0.314. The predicted molar refractivity (Wildman–Crippen MR) is 75.8 cm³/mol. The highest BCUT2D eigenvalue weighted by atomic mass is 15.2. The van der Waals surface area contributed by atoms with Crippen LogP contribution in [0.25, 0.3) is 0 Å². The van der Waals surface area contributed by atoms with Crippen LogP contribution in [0.4, 0.5) is 11.6 Å². The largest absolute Gasteiger partial charge is 0.384 e. The molecule has 0 radical (unpaired) electrons. The molecular weight excluding hydrogens is 224 g/mol. The molecule has 0 amide bonds. The lowest BCUT2D eigenvalue weighted by molar-refractivity contribution is 0.609. The third-order valence-corrected chi connectivity index (χ3v) is 3.67. The van der Waals surface area contributed by atoms with Crippen LogP contribution in [0, 0.1) is 0 Å². The standard InChI is InChI=1S/C14H24N4/c1-4-18(11-7-5-6-8-11)13-9-12(15)16-14(17-13)10(2)3/h9-11H,4-8H2,1-3H3,(H2,15,16,17).